The van der Waals surface area contributed by atoms with E-state index in [1.807, 2.05) is 18.2 Å². The first-order chi connectivity index (χ1) is 14.1. The van der Waals surface area contributed by atoms with Crippen molar-refractivity contribution in [3.05, 3.63) is 78.4 Å². The predicted molar refractivity (Wildman–Crippen MR) is 108 cm³/mol. The van der Waals surface area contributed by atoms with Gasteiger partial charge in [-0.25, -0.2) is 4.39 Å². The maximum Gasteiger partial charge on any atom is 0.244 e. The van der Waals surface area contributed by atoms with Crippen molar-refractivity contribution >= 4 is 28.9 Å². The second kappa shape index (κ2) is 7.63. The van der Waals surface area contributed by atoms with Gasteiger partial charge in [0.1, 0.15) is 11.5 Å². The molecule has 0 aliphatic heterocycles. The van der Waals surface area contributed by atoms with Crippen LogP contribution >= 0.6 is 0 Å². The highest BCUT2D eigenvalue weighted by molar-refractivity contribution is 6.00. The average Bonchev–Trinajstić information content (AvgIpc) is 3.12. The van der Waals surface area contributed by atoms with E-state index in [4.69, 9.17) is 0 Å². The fourth-order valence-corrected chi connectivity index (χ4v) is 3.22. The van der Waals surface area contributed by atoms with Gasteiger partial charge in [0.25, 0.3) is 0 Å². The molecule has 0 unspecified atom stereocenters. The van der Waals surface area contributed by atoms with E-state index in [0.717, 1.165) is 12.0 Å². The molecule has 4 aromatic rings. The first-order valence-corrected chi connectivity index (χ1v) is 8.97. The molecule has 6 nitrogen and oxygen atoms in total. The van der Waals surface area contributed by atoms with E-state index in [9.17, 15) is 14.0 Å². The standard InChI is InChI=1S/C22H17FN4O2/c1-15(29)27-21-7-6-19(26(14-28)13-16-8-10-24-11-9-16)12-20(21)22(25-27)17-2-4-18(23)5-3-17/h2-12,14H,13H2,1H3. The highest BCUT2D eigenvalue weighted by Crippen LogP contribution is 2.31. The predicted octanol–water partition coefficient (Wildman–Crippen LogP) is 4.06. The molecule has 1 amide bonds. The Morgan fingerprint density at radius 3 is 2.48 bits per heavy atom. The van der Waals surface area contributed by atoms with Crippen LogP contribution in [0.4, 0.5) is 10.1 Å². The van der Waals surface area contributed by atoms with Crippen LogP contribution in [-0.2, 0) is 11.3 Å². The van der Waals surface area contributed by atoms with Gasteiger partial charge in [-0.15, -0.1) is 0 Å². The minimum atomic E-state index is -0.353. The van der Waals surface area contributed by atoms with Crippen LogP contribution in [0.25, 0.3) is 22.2 Å². The van der Waals surface area contributed by atoms with Crippen molar-refractivity contribution in [2.75, 3.05) is 4.90 Å². The molecule has 0 aliphatic rings. The van der Waals surface area contributed by atoms with Gasteiger partial charge in [0.15, 0.2) is 0 Å². The fourth-order valence-electron chi connectivity index (χ4n) is 3.22. The second-order valence-electron chi connectivity index (χ2n) is 6.58. The first kappa shape index (κ1) is 18.5. The summed E-state index contributed by atoms with van der Waals surface area (Å²) >= 11 is 0. The zero-order chi connectivity index (χ0) is 20.4. The lowest BCUT2D eigenvalue weighted by Gasteiger charge is -2.17. The number of hydrogen-bond acceptors (Lipinski definition) is 4. The average molecular weight is 388 g/mol. The van der Waals surface area contributed by atoms with Gasteiger partial charge >= 0.3 is 0 Å². The van der Waals surface area contributed by atoms with Gasteiger partial charge in [-0.1, -0.05) is 0 Å². The Bertz CT molecular complexity index is 1190. The van der Waals surface area contributed by atoms with E-state index < -0.39 is 0 Å². The summed E-state index contributed by atoms with van der Waals surface area (Å²) in [7, 11) is 0. The van der Waals surface area contributed by atoms with Crippen molar-refractivity contribution in [2.24, 2.45) is 0 Å². The van der Waals surface area contributed by atoms with Crippen LogP contribution in [0.2, 0.25) is 0 Å². The second-order valence-corrected chi connectivity index (χ2v) is 6.58. The third-order valence-corrected chi connectivity index (χ3v) is 4.64. The number of halogens is 1. The molecular formula is C22H17FN4O2. The van der Waals surface area contributed by atoms with Crippen molar-refractivity contribution < 1.29 is 14.0 Å². The van der Waals surface area contributed by atoms with Gasteiger partial charge in [0.2, 0.25) is 12.3 Å². The molecule has 0 radical (unpaired) electrons. The van der Waals surface area contributed by atoms with Gasteiger partial charge in [-0.05, 0) is 60.2 Å². The minimum absolute atomic E-state index is 0.236. The summed E-state index contributed by atoms with van der Waals surface area (Å²) in [4.78, 5) is 29.3. The molecule has 29 heavy (non-hydrogen) atoms. The third kappa shape index (κ3) is 3.62. The number of anilines is 1. The van der Waals surface area contributed by atoms with Crippen molar-refractivity contribution in [3.63, 3.8) is 0 Å². The molecule has 0 bridgehead atoms. The lowest BCUT2D eigenvalue weighted by atomic mass is 10.1. The molecule has 0 N–H and O–H groups in total. The van der Waals surface area contributed by atoms with Crippen LogP contribution in [0.1, 0.15) is 17.3 Å². The molecule has 2 aromatic carbocycles. The number of amides is 1. The Morgan fingerprint density at radius 1 is 1.10 bits per heavy atom. The Hall–Kier alpha value is -3.87. The lowest BCUT2D eigenvalue weighted by Crippen LogP contribution is -2.20. The number of carbonyl (C=O) groups is 2. The first-order valence-electron chi connectivity index (χ1n) is 8.97. The van der Waals surface area contributed by atoms with Crippen molar-refractivity contribution in [1.82, 2.24) is 14.8 Å². The topological polar surface area (TPSA) is 68.1 Å². The molecule has 0 saturated carbocycles. The number of rotatable bonds is 5. The smallest absolute Gasteiger partial charge is 0.244 e. The Balaban J connectivity index is 1.83. The number of fused-ring (bicyclic) bond motifs is 1. The maximum atomic E-state index is 13.3. The molecule has 4 rings (SSSR count). The molecule has 0 fully saturated rings. The summed E-state index contributed by atoms with van der Waals surface area (Å²) in [6, 6.07) is 14.9. The quantitative estimate of drug-likeness (QED) is 0.484. The molecule has 0 aliphatic carbocycles. The van der Waals surface area contributed by atoms with Crippen LogP contribution in [-0.4, -0.2) is 27.1 Å². The third-order valence-electron chi connectivity index (χ3n) is 4.64. The van der Waals surface area contributed by atoms with E-state index in [-0.39, 0.29) is 11.7 Å². The number of benzene rings is 2. The summed E-state index contributed by atoms with van der Waals surface area (Å²) in [5, 5.41) is 5.13. The number of aromatic nitrogens is 3. The Kier molecular flexibility index (Phi) is 4.87. The SMILES string of the molecule is CC(=O)n1nc(-c2ccc(F)cc2)c2cc(N(C=O)Cc3ccncc3)ccc21. The molecule has 2 aromatic heterocycles. The summed E-state index contributed by atoms with van der Waals surface area (Å²) in [5.41, 5.74) is 3.45. The lowest BCUT2D eigenvalue weighted by molar-refractivity contribution is -0.107. The Labute approximate surface area is 166 Å². The van der Waals surface area contributed by atoms with Gasteiger partial charge < -0.3 is 4.90 Å². The summed E-state index contributed by atoms with van der Waals surface area (Å²) < 4.78 is 14.7. The molecule has 0 saturated heterocycles. The molecule has 144 valence electrons. The molecule has 2 heterocycles. The summed E-state index contributed by atoms with van der Waals surface area (Å²) in [6.07, 6.45) is 4.10. The van der Waals surface area contributed by atoms with E-state index >= 15 is 0 Å². The van der Waals surface area contributed by atoms with E-state index in [0.29, 0.717) is 34.4 Å². The van der Waals surface area contributed by atoms with Gasteiger partial charge in [0, 0.05) is 36.0 Å². The van der Waals surface area contributed by atoms with Gasteiger partial charge in [0.05, 0.1) is 12.1 Å². The van der Waals surface area contributed by atoms with Crippen LogP contribution in [0.5, 0.6) is 0 Å². The zero-order valence-corrected chi connectivity index (χ0v) is 15.6. The van der Waals surface area contributed by atoms with Crippen LogP contribution < -0.4 is 4.90 Å². The van der Waals surface area contributed by atoms with Crippen LogP contribution in [0.15, 0.2) is 67.0 Å². The monoisotopic (exact) mass is 388 g/mol. The highest BCUT2D eigenvalue weighted by atomic mass is 19.1. The van der Waals surface area contributed by atoms with Crippen LogP contribution in [0, 0.1) is 5.82 Å². The highest BCUT2D eigenvalue weighted by Gasteiger charge is 2.17. The van der Waals surface area contributed by atoms with Crippen LogP contribution in [0.3, 0.4) is 0 Å². The fraction of sp³-hybridized carbons (Fsp3) is 0.0909. The number of nitrogens with zero attached hydrogens (tertiary/aromatic N) is 4. The molecule has 0 atom stereocenters. The molecule has 0 spiro atoms. The Morgan fingerprint density at radius 2 is 1.83 bits per heavy atom. The largest absolute Gasteiger partial charge is 0.311 e. The number of carbonyl (C=O) groups excluding carboxylic acids is 2. The number of hydrogen-bond donors (Lipinski definition) is 0. The maximum absolute atomic E-state index is 13.3. The van der Waals surface area contributed by atoms with Gasteiger partial charge in [-0.3, -0.25) is 14.6 Å². The van der Waals surface area contributed by atoms with E-state index in [1.165, 1.54) is 23.7 Å². The molecule has 7 heteroatoms. The number of pyridine rings is 1. The van der Waals surface area contributed by atoms with Crippen molar-refractivity contribution in [3.8, 4) is 11.3 Å². The summed E-state index contributed by atoms with van der Waals surface area (Å²) in [6.45, 7) is 1.81. The normalized spacial score (nSPS) is 10.8. The van der Waals surface area contributed by atoms with Crippen molar-refractivity contribution in [1.29, 1.82) is 0 Å². The van der Waals surface area contributed by atoms with Gasteiger partial charge in [-0.2, -0.15) is 9.78 Å². The van der Waals surface area contributed by atoms with Crippen molar-refractivity contribution in [2.45, 2.75) is 13.5 Å². The molecular weight excluding hydrogens is 371 g/mol. The zero-order valence-electron chi connectivity index (χ0n) is 15.6. The minimum Gasteiger partial charge on any atom is -0.311 e. The summed E-state index contributed by atoms with van der Waals surface area (Å²) in [5.74, 6) is -0.589. The van der Waals surface area contributed by atoms with E-state index in [1.54, 1.807) is 41.6 Å². The van der Waals surface area contributed by atoms with E-state index in [2.05, 4.69) is 10.1 Å².